The van der Waals surface area contributed by atoms with Gasteiger partial charge in [-0.1, -0.05) is 72.8 Å². The number of aromatic nitrogens is 4. The van der Waals surface area contributed by atoms with Gasteiger partial charge in [-0.25, -0.2) is 91.1 Å². The number of benzene rings is 8. The molecular weight excluding hydrogens is 1860 g/mol. The van der Waals surface area contributed by atoms with Crippen molar-refractivity contribution in [3.05, 3.63) is 289 Å². The van der Waals surface area contributed by atoms with Gasteiger partial charge in [0.05, 0.1) is 68.6 Å². The number of rotatable bonds is 30. The number of ether oxygens (including phenoxy) is 7. The zero-order valence-electron chi connectivity index (χ0n) is 77.9. The third-order valence-electron chi connectivity index (χ3n) is 19.1. The number of amides is 4. The van der Waals surface area contributed by atoms with E-state index in [0.717, 1.165) is 22.0 Å². The van der Waals surface area contributed by atoms with Crippen molar-refractivity contribution in [1.29, 1.82) is 0 Å². The molecular formula is C97H107F4N9O23S4. The maximum atomic E-state index is 14.8. The van der Waals surface area contributed by atoms with Gasteiger partial charge in [-0.2, -0.15) is 0 Å². The SMILES string of the molecule is CCOC(=O)COc1cccc(S(=O)(=O)n2cc(CN(C)C(=O)OC(C)(C)C)cc2-c2ccccc2F)c1.CN(Cc1cc(-c2ccccc2F)n(S(=O)(=O)c2cccc(O)c2)c1)C(=O)OC(C)(C)C.CN(Cc1cc(-c2ccccc2F)n(S(=O)(=O)c2cccc(OCC(=O)O)c2)c1)C(=O)OC(C)(C)C.CNCc1cc(-c2ccccc2F)n(S(=O)(=O)c2cccc(OCC(=O)N(C)C)c2)c1. The number of phenols is 1. The van der Waals surface area contributed by atoms with Crippen molar-refractivity contribution in [3.8, 4) is 68.0 Å². The van der Waals surface area contributed by atoms with Crippen LogP contribution in [0.1, 0.15) is 91.5 Å². The first kappa shape index (κ1) is 106. The number of carbonyl (C=O) groups is 6. The highest BCUT2D eigenvalue weighted by Crippen LogP contribution is 2.37. The van der Waals surface area contributed by atoms with E-state index in [0.29, 0.717) is 28.8 Å². The number of nitrogens with zero attached hydrogens (tertiary/aromatic N) is 8. The molecule has 40 heteroatoms. The van der Waals surface area contributed by atoms with Crippen molar-refractivity contribution in [2.75, 3.05) is 68.7 Å². The van der Waals surface area contributed by atoms with E-state index < -0.39 is 117 Å². The second-order valence-corrected chi connectivity index (χ2v) is 41.1. The Kier molecular flexibility index (Phi) is 35.3. The van der Waals surface area contributed by atoms with Gasteiger partial charge < -0.3 is 68.3 Å². The van der Waals surface area contributed by atoms with E-state index in [4.69, 9.17) is 38.3 Å². The summed E-state index contributed by atoms with van der Waals surface area (Å²) in [6.07, 6.45) is 3.68. The van der Waals surface area contributed by atoms with Gasteiger partial charge in [0.25, 0.3) is 46.0 Å². The normalized spacial score (nSPS) is 11.6. The Bertz CT molecular complexity index is 6840. The summed E-state index contributed by atoms with van der Waals surface area (Å²) >= 11 is 0. The van der Waals surface area contributed by atoms with Crippen LogP contribution in [0, 0.1) is 23.3 Å². The lowest BCUT2D eigenvalue weighted by Crippen LogP contribution is -2.33. The third-order valence-corrected chi connectivity index (χ3v) is 25.8. The minimum atomic E-state index is -4.27. The van der Waals surface area contributed by atoms with Crippen molar-refractivity contribution in [3.63, 3.8) is 0 Å². The van der Waals surface area contributed by atoms with Gasteiger partial charge in [-0.05, 0) is 220 Å². The summed E-state index contributed by atoms with van der Waals surface area (Å²) < 4.78 is 208. The molecule has 0 atom stereocenters. The van der Waals surface area contributed by atoms with Gasteiger partial charge in [0.1, 0.15) is 63.1 Å². The highest BCUT2D eigenvalue weighted by atomic mass is 32.2. The molecule has 0 radical (unpaired) electrons. The molecule has 137 heavy (non-hydrogen) atoms. The molecule has 4 heterocycles. The Hall–Kier alpha value is -14.2. The monoisotopic (exact) mass is 1970 g/mol. The van der Waals surface area contributed by atoms with Gasteiger partial charge in [-0.15, -0.1) is 0 Å². The zero-order valence-corrected chi connectivity index (χ0v) is 81.2. The molecule has 0 aliphatic carbocycles. The average Bonchev–Trinajstić information content (AvgIpc) is 1.65. The lowest BCUT2D eigenvalue weighted by atomic mass is 10.1. The molecule has 4 aromatic heterocycles. The fraction of sp³-hybridized carbons (Fsp3) is 0.278. The van der Waals surface area contributed by atoms with E-state index in [1.165, 1.54) is 235 Å². The van der Waals surface area contributed by atoms with Crippen molar-refractivity contribution in [1.82, 2.24) is 40.8 Å². The van der Waals surface area contributed by atoms with Gasteiger partial charge in [0.15, 0.2) is 19.8 Å². The topological polar surface area (TPSA) is 389 Å². The summed E-state index contributed by atoms with van der Waals surface area (Å²) in [5, 5.41) is 21.5. The van der Waals surface area contributed by atoms with E-state index in [9.17, 15) is 85.1 Å². The first-order valence-electron chi connectivity index (χ1n) is 42.1. The second-order valence-electron chi connectivity index (χ2n) is 33.9. The number of carbonyl (C=O) groups excluding carboxylic acids is 5. The number of hydrogen-bond acceptors (Lipinski definition) is 23. The van der Waals surface area contributed by atoms with Crippen molar-refractivity contribution < 1.29 is 123 Å². The number of esters is 1. The Morgan fingerprint density at radius 3 is 0.927 bits per heavy atom. The zero-order chi connectivity index (χ0) is 101. The Morgan fingerprint density at radius 1 is 0.372 bits per heavy atom. The highest BCUT2D eigenvalue weighted by Gasteiger charge is 2.33. The average molecular weight is 1970 g/mol. The largest absolute Gasteiger partial charge is 0.508 e. The molecule has 32 nitrogen and oxygen atoms in total. The number of nitrogens with one attached hydrogen (secondary N) is 1. The molecule has 0 saturated carbocycles. The van der Waals surface area contributed by atoms with Crippen LogP contribution in [0.4, 0.5) is 31.9 Å². The number of phenolic OH excluding ortho intramolecular Hbond substituents is 1. The highest BCUT2D eigenvalue weighted by molar-refractivity contribution is 7.91. The lowest BCUT2D eigenvalue weighted by Gasteiger charge is -2.24. The minimum absolute atomic E-state index is 0.000643. The number of halogens is 4. The summed E-state index contributed by atoms with van der Waals surface area (Å²) in [7, 11) is -7.25. The molecule has 0 aliphatic rings. The Labute approximate surface area is 792 Å². The number of carboxylic acids is 1. The van der Waals surface area contributed by atoms with Crippen LogP contribution in [0.3, 0.4) is 0 Å². The molecule has 12 aromatic rings. The van der Waals surface area contributed by atoms with E-state index in [1.807, 2.05) is 0 Å². The van der Waals surface area contributed by atoms with Crippen LogP contribution in [-0.2, 0) is 99.6 Å². The maximum absolute atomic E-state index is 14.8. The molecule has 3 N–H and O–H groups in total. The Balaban J connectivity index is 0.000000205. The minimum Gasteiger partial charge on any atom is -0.508 e. The van der Waals surface area contributed by atoms with Crippen molar-refractivity contribution in [2.24, 2.45) is 0 Å². The Morgan fingerprint density at radius 2 is 0.650 bits per heavy atom. The van der Waals surface area contributed by atoms with Crippen LogP contribution in [0.5, 0.6) is 23.0 Å². The van der Waals surface area contributed by atoms with Gasteiger partial charge in [0, 0.05) is 113 Å². The van der Waals surface area contributed by atoms with Crippen LogP contribution < -0.4 is 19.5 Å². The molecule has 8 aromatic carbocycles. The smallest absolute Gasteiger partial charge is 0.410 e. The van der Waals surface area contributed by atoms with E-state index in [-0.39, 0.29) is 133 Å². The molecule has 0 unspecified atom stereocenters. The molecule has 730 valence electrons. The third kappa shape index (κ3) is 28.9. The van der Waals surface area contributed by atoms with Crippen LogP contribution >= 0.6 is 0 Å². The molecule has 0 aliphatic heterocycles. The molecule has 0 spiro atoms. The number of aliphatic carboxylic acids is 1. The lowest BCUT2D eigenvalue weighted by molar-refractivity contribution is -0.145. The number of aromatic hydroxyl groups is 1. The second kappa shape index (κ2) is 45.4. The van der Waals surface area contributed by atoms with Crippen molar-refractivity contribution >= 4 is 76.2 Å². The van der Waals surface area contributed by atoms with Gasteiger partial charge in [-0.3, -0.25) is 4.79 Å². The predicted molar refractivity (Wildman–Crippen MR) is 502 cm³/mol. The van der Waals surface area contributed by atoms with E-state index >= 15 is 0 Å². The summed E-state index contributed by atoms with van der Waals surface area (Å²) in [4.78, 5) is 76.1. The molecule has 12 rings (SSSR count). The quantitative estimate of drug-likeness (QED) is 0.0214. The van der Waals surface area contributed by atoms with E-state index in [2.05, 4.69) is 5.32 Å². The summed E-state index contributed by atoms with van der Waals surface area (Å²) in [5.41, 5.74) is 0.720. The molecule has 0 fully saturated rings. The summed E-state index contributed by atoms with van der Waals surface area (Å²) in [6.45, 7) is 16.7. The number of likely N-dealkylation sites (N-methyl/N-ethyl adjacent to an activating group) is 1. The fourth-order valence-electron chi connectivity index (χ4n) is 12.9. The van der Waals surface area contributed by atoms with Crippen LogP contribution in [0.15, 0.2) is 263 Å². The molecule has 0 bridgehead atoms. The van der Waals surface area contributed by atoms with Crippen LogP contribution in [-0.4, -0.2) is 201 Å². The van der Waals surface area contributed by atoms with Gasteiger partial charge >= 0.3 is 30.2 Å². The van der Waals surface area contributed by atoms with Gasteiger partial charge in [0.2, 0.25) is 0 Å². The van der Waals surface area contributed by atoms with Crippen LogP contribution in [0.25, 0.3) is 45.0 Å². The fourth-order valence-corrected chi connectivity index (χ4v) is 18.6. The standard InChI is InChI=1S/C27H31FN2O7S.C25H27FN2O7S.C23H25FN2O5S.C22H24FN3O4S/c1-6-35-25(31)18-36-20-10-9-11-21(15-20)38(33,34)30-17-19(16-29(5)26(32)37-27(2,3)4)14-24(30)22-12-7-8-13-23(22)28;1-25(2,3)35-24(31)27(4)14-17-12-22(20-10-5-6-11-21(20)26)28(15-17)36(32,33)19-9-7-8-18(13-19)34-16-23(29)30;1-23(2,3)31-22(28)25(4)14-16-12-21(19-10-5-6-11-20(19)24)26(15-16)32(29,30)18-9-7-8-17(27)13-18;1-24-13-16-11-21(19-9-4-5-10-20(19)23)26(14-16)31(28,29)18-8-6-7-17(12-18)30-15-22(27)25(2)3/h7-15,17H,6,16,18H2,1-5H3;5-13,15H,14,16H2,1-4H3,(H,29,30);5-13,15,27H,14H2,1-4H3;4-12,14,24H,13,15H2,1-3H3. The number of carboxylic acid groups (broad SMARTS) is 1. The summed E-state index contributed by atoms with van der Waals surface area (Å²) in [6, 6.07) is 51.6. The molecule has 4 amide bonds. The molecule has 0 saturated heterocycles. The first-order chi connectivity index (χ1) is 64.2. The summed E-state index contributed by atoms with van der Waals surface area (Å²) in [5.74, 6) is -4.19. The van der Waals surface area contributed by atoms with Crippen molar-refractivity contribution in [2.45, 2.75) is 132 Å². The first-order valence-corrected chi connectivity index (χ1v) is 47.9. The maximum Gasteiger partial charge on any atom is 0.410 e. The van der Waals surface area contributed by atoms with Crippen LogP contribution in [0.2, 0.25) is 0 Å². The van der Waals surface area contributed by atoms with E-state index in [1.54, 1.807) is 133 Å². The predicted octanol–water partition coefficient (Wildman–Crippen LogP) is 16.5. The number of hydrogen-bond donors (Lipinski definition) is 3.